The number of hydrogen-bond donors (Lipinski definition) is 0. The first kappa shape index (κ1) is 18.4. The Morgan fingerprint density at radius 3 is 2.22 bits per heavy atom. The van der Waals surface area contributed by atoms with Crippen LogP contribution in [0.2, 0.25) is 10.5 Å². The summed E-state index contributed by atoms with van der Waals surface area (Å²) in [4.78, 5) is 0. The summed E-state index contributed by atoms with van der Waals surface area (Å²) < 4.78 is 9.85. The van der Waals surface area contributed by atoms with E-state index in [2.05, 4.69) is 88.4 Å². The number of rotatable bonds is 3. The fraction of sp³-hybridized carbons (Fsp3) is 0.476. The third kappa shape index (κ3) is 3.62. The maximum atomic E-state index is 6.90. The molecule has 0 saturated carbocycles. The van der Waals surface area contributed by atoms with E-state index in [-0.39, 0.29) is 5.41 Å². The summed E-state index contributed by atoms with van der Waals surface area (Å²) in [7, 11) is 0. The van der Waals surface area contributed by atoms with Gasteiger partial charge in [-0.2, -0.15) is 0 Å². The number of hydrogen-bond acceptors (Lipinski definition) is 1. The van der Waals surface area contributed by atoms with Crippen LogP contribution in [0.3, 0.4) is 0 Å². The fourth-order valence-electron chi connectivity index (χ4n) is 3.07. The van der Waals surface area contributed by atoms with Gasteiger partial charge in [-0.25, -0.2) is 0 Å². The van der Waals surface area contributed by atoms with Crippen LogP contribution in [-0.4, -0.2) is 3.81 Å². The first-order valence-corrected chi connectivity index (χ1v) is 13.9. The van der Waals surface area contributed by atoms with E-state index in [1.807, 2.05) is 0 Å². The van der Waals surface area contributed by atoms with E-state index in [4.69, 9.17) is 3.32 Å². The normalized spacial score (nSPS) is 15.6. The molecule has 0 radical (unpaired) electrons. The molecule has 0 unspecified atom stereocenters. The average Bonchev–Trinajstić information content (AvgIpc) is 2.91. The molecule has 1 aromatic rings. The Bertz CT molecular complexity index is 745. The molecule has 0 N–H and O–H groups in total. The van der Waals surface area contributed by atoms with Crippen LogP contribution >= 0.6 is 0 Å². The molecule has 2 heteroatoms. The molecule has 0 amide bonds. The van der Waals surface area contributed by atoms with E-state index in [0.29, 0.717) is 0 Å². The van der Waals surface area contributed by atoms with Gasteiger partial charge in [0, 0.05) is 0 Å². The van der Waals surface area contributed by atoms with Crippen LogP contribution < -0.4 is 3.32 Å². The minimum atomic E-state index is -3.32. The van der Waals surface area contributed by atoms with E-state index in [1.165, 1.54) is 18.8 Å². The number of benzene rings is 1. The van der Waals surface area contributed by atoms with Crippen molar-refractivity contribution in [1.29, 1.82) is 0 Å². The molecule has 1 aliphatic rings. The minimum absolute atomic E-state index is 0.133. The molecule has 1 nitrogen and oxygen atoms in total. The van der Waals surface area contributed by atoms with Crippen LogP contribution in [-0.2, 0) is 20.6 Å². The first-order valence-electron chi connectivity index (χ1n) is 8.61. The maximum absolute atomic E-state index is 6.90. The summed E-state index contributed by atoms with van der Waals surface area (Å²) in [5.41, 5.74) is 2.75. The Balaban J connectivity index is 2.56. The van der Waals surface area contributed by atoms with Crippen LogP contribution in [0.1, 0.15) is 52.2 Å². The molecule has 0 bridgehead atoms. The second-order valence-corrected chi connectivity index (χ2v) is 18.8. The van der Waals surface area contributed by atoms with Crippen molar-refractivity contribution in [3.8, 4) is 5.75 Å². The molecule has 0 aliphatic heterocycles. The standard InChI is InChI=1S/C11H16O.C5H5.C3H6.2CH3.Ti/c1-8-5-9(11(2,3)4)7-10(12)6-8;1-2-4-5-3-1;1-3-2;;;/h5-7,12H,1-4H3;1-3H,4H2;1-2H3;2*1H3;/q;;;;;+1/p-1. The summed E-state index contributed by atoms with van der Waals surface area (Å²) in [6, 6.07) is 6.71. The molecule has 0 saturated heterocycles. The summed E-state index contributed by atoms with van der Waals surface area (Å²) in [6.45, 7) is 13.4. The second kappa shape index (κ2) is 5.86. The van der Waals surface area contributed by atoms with Gasteiger partial charge in [0.2, 0.25) is 0 Å². The van der Waals surface area contributed by atoms with E-state index < -0.39 is 15.2 Å². The predicted molar refractivity (Wildman–Crippen MR) is 100 cm³/mol. The molecule has 0 atom stereocenters. The second-order valence-electron chi connectivity index (χ2n) is 8.95. The van der Waals surface area contributed by atoms with E-state index in [0.717, 1.165) is 12.2 Å². The average molecular weight is 348 g/mol. The van der Waals surface area contributed by atoms with Crippen LogP contribution in [0.4, 0.5) is 0 Å². The molecule has 0 spiro atoms. The van der Waals surface area contributed by atoms with Crippen molar-refractivity contribution < 1.29 is 18.5 Å². The molecule has 0 fully saturated rings. The number of allylic oxidation sites excluding steroid dienone is 4. The Kier molecular flexibility index (Phi) is 4.70. The monoisotopic (exact) mass is 348 g/mol. The molecule has 0 aromatic heterocycles. The van der Waals surface area contributed by atoms with Gasteiger partial charge in [-0.3, -0.25) is 0 Å². The first-order chi connectivity index (χ1) is 10.4. The van der Waals surface area contributed by atoms with Crippen molar-refractivity contribution in [2.75, 3.05) is 0 Å². The van der Waals surface area contributed by atoms with Crippen LogP contribution in [0.5, 0.6) is 5.75 Å². The molecule has 1 aromatic carbocycles. The van der Waals surface area contributed by atoms with Gasteiger partial charge in [0.25, 0.3) is 0 Å². The molecule has 1 aliphatic carbocycles. The summed E-state index contributed by atoms with van der Waals surface area (Å²) >= 11 is -3.32. The Morgan fingerprint density at radius 2 is 1.74 bits per heavy atom. The van der Waals surface area contributed by atoms with Crippen LogP contribution in [0, 0.1) is 6.92 Å². The van der Waals surface area contributed by atoms with Crippen molar-refractivity contribution in [3.63, 3.8) is 0 Å². The van der Waals surface area contributed by atoms with Gasteiger partial charge in [-0.15, -0.1) is 0 Å². The molecule has 2 rings (SSSR count). The van der Waals surface area contributed by atoms with Gasteiger partial charge < -0.3 is 0 Å². The zero-order chi connectivity index (χ0) is 17.5. The molecule has 23 heavy (non-hydrogen) atoms. The Hall–Kier alpha value is -0.916. The van der Waals surface area contributed by atoms with Gasteiger partial charge >= 0.3 is 143 Å². The van der Waals surface area contributed by atoms with Gasteiger partial charge in [0.05, 0.1) is 0 Å². The van der Waals surface area contributed by atoms with Crippen LogP contribution in [0.25, 0.3) is 0 Å². The third-order valence-electron chi connectivity index (χ3n) is 5.50. The van der Waals surface area contributed by atoms with Crippen molar-refractivity contribution in [2.24, 2.45) is 0 Å². The quantitative estimate of drug-likeness (QED) is 0.572. The summed E-state index contributed by atoms with van der Waals surface area (Å²) in [6.07, 6.45) is 7.74. The molecular weight excluding hydrogens is 316 g/mol. The van der Waals surface area contributed by atoms with Gasteiger partial charge in [0.1, 0.15) is 0 Å². The van der Waals surface area contributed by atoms with E-state index >= 15 is 0 Å². The fourth-order valence-corrected chi connectivity index (χ4v) is 7.90. The van der Waals surface area contributed by atoms with E-state index in [9.17, 15) is 0 Å². The zero-order valence-electron chi connectivity index (χ0n) is 16.1. The SMILES string of the molecule is C[C](C)=[Ti]([CH3])([CH3])([O]c1cc(C)cc(C(C)(C)C)c1)[C]1=CC=CC1. The van der Waals surface area contributed by atoms with Crippen LogP contribution in [0.15, 0.2) is 40.3 Å². The van der Waals surface area contributed by atoms with Gasteiger partial charge in [-0.05, 0) is 0 Å². The van der Waals surface area contributed by atoms with Crippen molar-refractivity contribution in [3.05, 3.63) is 51.4 Å². The third-order valence-corrected chi connectivity index (χ3v) is 14.9. The predicted octanol–water partition coefficient (Wildman–Crippen LogP) is 6.43. The topological polar surface area (TPSA) is 9.23 Å². The van der Waals surface area contributed by atoms with Gasteiger partial charge in [-0.1, -0.05) is 0 Å². The molecule has 126 valence electrons. The Labute approximate surface area is 143 Å². The summed E-state index contributed by atoms with van der Waals surface area (Å²) in [5.74, 6) is 1.03. The number of aryl methyl sites for hydroxylation is 1. The van der Waals surface area contributed by atoms with Crippen molar-refractivity contribution in [2.45, 2.75) is 63.8 Å². The molecular formula is C21H32OTi. The summed E-state index contributed by atoms with van der Waals surface area (Å²) in [5, 5.41) is 4.79. The van der Waals surface area contributed by atoms with Gasteiger partial charge in [0.15, 0.2) is 0 Å². The zero-order valence-corrected chi connectivity index (χ0v) is 17.6. The van der Waals surface area contributed by atoms with Crippen molar-refractivity contribution in [1.82, 2.24) is 0 Å². The Morgan fingerprint density at radius 1 is 1.09 bits per heavy atom. The van der Waals surface area contributed by atoms with Crippen molar-refractivity contribution >= 4 is 3.81 Å². The van der Waals surface area contributed by atoms with E-state index in [1.54, 1.807) is 0 Å². The molecule has 0 heterocycles.